The largest absolute Gasteiger partial charge is 0.416 e. The van der Waals surface area contributed by atoms with Crippen LogP contribution in [-0.4, -0.2) is 34.2 Å². The third-order valence-electron chi connectivity index (χ3n) is 5.07. The number of amides is 2. The number of halogens is 4. The molecule has 1 saturated heterocycles. The van der Waals surface area contributed by atoms with E-state index in [9.17, 15) is 22.4 Å². The Morgan fingerprint density at radius 3 is 2.48 bits per heavy atom. The number of hydrogen-bond acceptors (Lipinski definition) is 4. The molecule has 6 nitrogen and oxygen atoms in total. The maximum absolute atomic E-state index is 13.1. The topological polar surface area (TPSA) is 71.3 Å². The van der Waals surface area contributed by atoms with E-state index in [2.05, 4.69) is 15.5 Å². The molecule has 1 atom stereocenters. The van der Waals surface area contributed by atoms with Gasteiger partial charge in [-0.25, -0.2) is 9.18 Å². The van der Waals surface area contributed by atoms with E-state index < -0.39 is 17.8 Å². The number of nitrogens with one attached hydrogen (secondary N) is 1. The van der Waals surface area contributed by atoms with Gasteiger partial charge in [0.05, 0.1) is 11.5 Å². The van der Waals surface area contributed by atoms with Crippen LogP contribution in [-0.2, 0) is 6.18 Å². The van der Waals surface area contributed by atoms with E-state index in [1.807, 2.05) is 0 Å². The molecule has 162 valence electrons. The van der Waals surface area contributed by atoms with Gasteiger partial charge in [-0.15, -0.1) is 0 Å². The van der Waals surface area contributed by atoms with E-state index in [1.54, 1.807) is 17.0 Å². The molecule has 0 saturated carbocycles. The number of rotatable bonds is 3. The number of aromatic nitrogens is 2. The average Bonchev–Trinajstić information content (AvgIpc) is 3.24. The molecule has 1 fully saturated rings. The molecule has 1 aromatic heterocycles. The fourth-order valence-electron chi connectivity index (χ4n) is 3.43. The summed E-state index contributed by atoms with van der Waals surface area (Å²) in [6, 6.07) is 9.57. The van der Waals surface area contributed by atoms with Crippen LogP contribution in [0.5, 0.6) is 0 Å². The van der Waals surface area contributed by atoms with Crippen molar-refractivity contribution in [2.45, 2.75) is 24.9 Å². The summed E-state index contributed by atoms with van der Waals surface area (Å²) in [5, 5.41) is 6.55. The van der Waals surface area contributed by atoms with Gasteiger partial charge in [0.2, 0.25) is 11.7 Å². The maximum Gasteiger partial charge on any atom is 0.416 e. The first kappa shape index (κ1) is 20.8. The van der Waals surface area contributed by atoms with Crippen LogP contribution < -0.4 is 5.32 Å². The Balaban J connectivity index is 1.40. The van der Waals surface area contributed by atoms with Crippen molar-refractivity contribution in [3.63, 3.8) is 0 Å². The average molecular weight is 434 g/mol. The van der Waals surface area contributed by atoms with Crippen LogP contribution in [0.3, 0.4) is 0 Å². The van der Waals surface area contributed by atoms with Gasteiger partial charge in [-0.3, -0.25) is 0 Å². The molecule has 2 amide bonds. The Morgan fingerprint density at radius 1 is 1.10 bits per heavy atom. The second-order valence-electron chi connectivity index (χ2n) is 7.25. The highest BCUT2D eigenvalue weighted by Crippen LogP contribution is 2.31. The van der Waals surface area contributed by atoms with E-state index in [0.717, 1.165) is 18.6 Å². The molecule has 3 aromatic rings. The Bertz CT molecular complexity index is 1050. The lowest BCUT2D eigenvalue weighted by Crippen LogP contribution is -2.41. The quantitative estimate of drug-likeness (QED) is 0.568. The van der Waals surface area contributed by atoms with Crippen LogP contribution >= 0.6 is 0 Å². The van der Waals surface area contributed by atoms with E-state index in [0.29, 0.717) is 36.8 Å². The van der Waals surface area contributed by atoms with Gasteiger partial charge < -0.3 is 14.7 Å². The second kappa shape index (κ2) is 8.37. The van der Waals surface area contributed by atoms with Crippen LogP contribution in [0.15, 0.2) is 53.1 Å². The molecule has 2 heterocycles. The number of likely N-dealkylation sites (tertiary alicyclic amines) is 1. The SMILES string of the molecule is O=C(Nc1ccc(C(F)(F)F)cc1)N1CCCC(c2nc(-c3ccc(F)cc3)no2)C1. The first-order chi connectivity index (χ1) is 14.8. The van der Waals surface area contributed by atoms with Gasteiger partial charge >= 0.3 is 12.2 Å². The van der Waals surface area contributed by atoms with Crippen LogP contribution in [0, 0.1) is 5.82 Å². The minimum Gasteiger partial charge on any atom is -0.339 e. The zero-order valence-corrected chi connectivity index (χ0v) is 16.2. The van der Waals surface area contributed by atoms with Crippen molar-refractivity contribution in [3.8, 4) is 11.4 Å². The second-order valence-corrected chi connectivity index (χ2v) is 7.25. The lowest BCUT2D eigenvalue weighted by atomic mass is 9.98. The molecule has 1 unspecified atom stereocenters. The molecule has 0 radical (unpaired) electrons. The summed E-state index contributed by atoms with van der Waals surface area (Å²) in [5.74, 6) is 0.177. The molecule has 0 aliphatic carbocycles. The van der Waals surface area contributed by atoms with Gasteiger partial charge in [-0.1, -0.05) is 5.16 Å². The summed E-state index contributed by atoms with van der Waals surface area (Å²) < 4.78 is 56.5. The van der Waals surface area contributed by atoms with Gasteiger partial charge in [0.15, 0.2) is 0 Å². The zero-order valence-electron chi connectivity index (χ0n) is 16.2. The predicted molar refractivity (Wildman–Crippen MR) is 104 cm³/mol. The van der Waals surface area contributed by atoms with Gasteiger partial charge in [0.25, 0.3) is 0 Å². The molecule has 4 rings (SSSR count). The van der Waals surface area contributed by atoms with E-state index in [-0.39, 0.29) is 17.4 Å². The monoisotopic (exact) mass is 434 g/mol. The van der Waals surface area contributed by atoms with Crippen LogP contribution in [0.1, 0.15) is 30.2 Å². The minimum absolute atomic E-state index is 0.172. The zero-order chi connectivity index (χ0) is 22.0. The lowest BCUT2D eigenvalue weighted by Gasteiger charge is -2.31. The number of carbonyl (C=O) groups excluding carboxylic acids is 1. The molecule has 10 heteroatoms. The Hall–Kier alpha value is -3.43. The van der Waals surface area contributed by atoms with Crippen LogP contribution in [0.4, 0.5) is 28.0 Å². The smallest absolute Gasteiger partial charge is 0.339 e. The van der Waals surface area contributed by atoms with Gasteiger partial charge in [-0.05, 0) is 61.4 Å². The van der Waals surface area contributed by atoms with Crippen molar-refractivity contribution in [1.82, 2.24) is 15.0 Å². The minimum atomic E-state index is -4.43. The molecule has 2 aromatic carbocycles. The highest BCUT2D eigenvalue weighted by atomic mass is 19.4. The van der Waals surface area contributed by atoms with Crippen LogP contribution in [0.2, 0.25) is 0 Å². The maximum atomic E-state index is 13.1. The summed E-state index contributed by atoms with van der Waals surface area (Å²) in [5.41, 5.74) is 0.109. The molecule has 0 bridgehead atoms. The Labute approximate surface area is 174 Å². The number of hydrogen-bond donors (Lipinski definition) is 1. The number of nitrogens with zero attached hydrogens (tertiary/aromatic N) is 3. The Kier molecular flexibility index (Phi) is 5.62. The number of carbonyl (C=O) groups is 1. The number of urea groups is 1. The lowest BCUT2D eigenvalue weighted by molar-refractivity contribution is -0.137. The highest BCUT2D eigenvalue weighted by Gasteiger charge is 2.31. The molecular formula is C21H18F4N4O2. The predicted octanol–water partition coefficient (Wildman–Crippen LogP) is 5.31. The summed E-state index contributed by atoms with van der Waals surface area (Å²) in [6.45, 7) is 0.833. The molecule has 0 spiro atoms. The summed E-state index contributed by atoms with van der Waals surface area (Å²) in [6.07, 6.45) is -2.98. The van der Waals surface area contributed by atoms with E-state index in [1.165, 1.54) is 24.3 Å². The van der Waals surface area contributed by atoms with Crippen molar-refractivity contribution >= 4 is 11.7 Å². The normalized spacial score (nSPS) is 16.9. The fraction of sp³-hybridized carbons (Fsp3) is 0.286. The number of alkyl halides is 3. The summed E-state index contributed by atoms with van der Waals surface area (Å²) >= 11 is 0. The van der Waals surface area contributed by atoms with E-state index >= 15 is 0 Å². The number of anilines is 1. The molecular weight excluding hydrogens is 416 g/mol. The molecule has 1 aliphatic rings. The van der Waals surface area contributed by atoms with Crippen molar-refractivity contribution < 1.29 is 26.9 Å². The third-order valence-corrected chi connectivity index (χ3v) is 5.07. The molecule has 1 N–H and O–H groups in total. The first-order valence-corrected chi connectivity index (χ1v) is 9.62. The third kappa shape index (κ3) is 4.84. The van der Waals surface area contributed by atoms with Crippen molar-refractivity contribution in [1.29, 1.82) is 0 Å². The number of piperidine rings is 1. The summed E-state index contributed by atoms with van der Waals surface area (Å²) in [7, 11) is 0. The van der Waals surface area contributed by atoms with Gasteiger partial charge in [0.1, 0.15) is 5.82 Å². The van der Waals surface area contributed by atoms with Gasteiger partial charge in [-0.2, -0.15) is 18.2 Å². The highest BCUT2D eigenvalue weighted by molar-refractivity contribution is 5.89. The van der Waals surface area contributed by atoms with Crippen molar-refractivity contribution in [3.05, 3.63) is 65.8 Å². The van der Waals surface area contributed by atoms with E-state index in [4.69, 9.17) is 4.52 Å². The fourth-order valence-corrected chi connectivity index (χ4v) is 3.43. The van der Waals surface area contributed by atoms with Crippen LogP contribution in [0.25, 0.3) is 11.4 Å². The summed E-state index contributed by atoms with van der Waals surface area (Å²) in [4.78, 5) is 18.5. The van der Waals surface area contributed by atoms with Crippen molar-refractivity contribution in [2.24, 2.45) is 0 Å². The standard InChI is InChI=1S/C21H18F4N4O2/c22-16-7-3-13(4-8-16)18-27-19(31-28-18)14-2-1-11-29(12-14)20(30)26-17-9-5-15(6-10-17)21(23,24)25/h3-10,14H,1-2,11-12H2,(H,26,30). The molecule has 1 aliphatic heterocycles. The molecule has 31 heavy (non-hydrogen) atoms. The number of benzene rings is 2. The Morgan fingerprint density at radius 2 is 1.81 bits per heavy atom. The first-order valence-electron chi connectivity index (χ1n) is 9.62. The van der Waals surface area contributed by atoms with Gasteiger partial charge in [0, 0.05) is 24.3 Å². The van der Waals surface area contributed by atoms with Crippen molar-refractivity contribution in [2.75, 3.05) is 18.4 Å².